The highest BCUT2D eigenvalue weighted by molar-refractivity contribution is 5.31. The summed E-state index contributed by atoms with van der Waals surface area (Å²) in [7, 11) is 1.53. The number of halogens is 1. The van der Waals surface area contributed by atoms with E-state index in [2.05, 4.69) is 19.2 Å². The smallest absolute Gasteiger partial charge is 0.168 e. The highest BCUT2D eigenvalue weighted by atomic mass is 19.1. The molecule has 0 saturated heterocycles. The maximum Gasteiger partial charge on any atom is 0.168 e. The Morgan fingerprint density at radius 1 is 1.29 bits per heavy atom. The Hall–Kier alpha value is -1.09. The quantitative estimate of drug-likeness (QED) is 0.849. The molecule has 0 aliphatic heterocycles. The lowest BCUT2D eigenvalue weighted by Crippen LogP contribution is -2.41. The van der Waals surface area contributed by atoms with Gasteiger partial charge in [0.15, 0.2) is 11.6 Å². The fourth-order valence-electron chi connectivity index (χ4n) is 3.64. The highest BCUT2D eigenvalue weighted by Crippen LogP contribution is 2.34. The van der Waals surface area contributed by atoms with E-state index in [0.717, 1.165) is 24.4 Å². The maximum absolute atomic E-state index is 14.4. The van der Waals surface area contributed by atoms with Crippen LogP contribution in [0.2, 0.25) is 0 Å². The Bertz CT molecular complexity index is 449. The number of hydrogen-bond donors (Lipinski definition) is 1. The minimum absolute atomic E-state index is 0.186. The van der Waals surface area contributed by atoms with Crippen LogP contribution in [0, 0.1) is 17.7 Å². The summed E-state index contributed by atoms with van der Waals surface area (Å²) in [6.07, 6.45) is 5.74. The van der Waals surface area contributed by atoms with Crippen LogP contribution in [0.15, 0.2) is 18.2 Å². The van der Waals surface area contributed by atoms with E-state index in [9.17, 15) is 4.39 Å². The first kappa shape index (κ1) is 16.3. The first-order chi connectivity index (χ1) is 10.2. The van der Waals surface area contributed by atoms with Crippen molar-refractivity contribution in [3.05, 3.63) is 29.6 Å². The second kappa shape index (κ2) is 7.79. The van der Waals surface area contributed by atoms with Gasteiger partial charge in [-0.1, -0.05) is 32.4 Å². The van der Waals surface area contributed by atoms with Crippen LogP contribution in [0.25, 0.3) is 0 Å². The molecule has 0 spiro atoms. The van der Waals surface area contributed by atoms with Crippen LogP contribution in [0.5, 0.6) is 5.75 Å². The van der Waals surface area contributed by atoms with Gasteiger partial charge in [-0.2, -0.15) is 0 Å². The molecule has 1 fully saturated rings. The molecule has 3 atom stereocenters. The van der Waals surface area contributed by atoms with Gasteiger partial charge in [0, 0.05) is 6.04 Å². The predicted octanol–water partition coefficient (Wildman–Crippen LogP) is 4.18. The molecule has 2 rings (SSSR count). The summed E-state index contributed by atoms with van der Waals surface area (Å²) >= 11 is 0. The molecule has 1 aromatic carbocycles. The number of ether oxygens (including phenoxy) is 1. The Morgan fingerprint density at radius 2 is 2.10 bits per heavy atom. The molecule has 1 aliphatic carbocycles. The minimum Gasteiger partial charge on any atom is -0.494 e. The zero-order chi connectivity index (χ0) is 15.2. The SMILES string of the molecule is CCNC1CCC(CC)CC1Cc1cccc(OC)c1F. The molecule has 0 heterocycles. The first-order valence-electron chi connectivity index (χ1n) is 8.24. The standard InChI is InChI=1S/C18H28FNO/c1-4-13-9-10-16(20-5-2)15(11-13)12-14-7-6-8-17(21-3)18(14)19/h6-8,13,15-16,20H,4-5,9-12H2,1-3H3. The number of benzene rings is 1. The third-order valence-electron chi connectivity index (χ3n) is 4.88. The summed E-state index contributed by atoms with van der Waals surface area (Å²) < 4.78 is 19.5. The van der Waals surface area contributed by atoms with Crippen LogP contribution >= 0.6 is 0 Å². The molecule has 3 heteroatoms. The van der Waals surface area contributed by atoms with Crippen LogP contribution in [-0.2, 0) is 6.42 Å². The van der Waals surface area contributed by atoms with Crippen LogP contribution in [-0.4, -0.2) is 19.7 Å². The van der Waals surface area contributed by atoms with E-state index in [1.165, 1.54) is 32.8 Å². The molecule has 1 aliphatic rings. The van der Waals surface area contributed by atoms with Crippen LogP contribution < -0.4 is 10.1 Å². The second-order valence-corrected chi connectivity index (χ2v) is 6.15. The van der Waals surface area contributed by atoms with Crippen LogP contribution in [0.4, 0.5) is 4.39 Å². The zero-order valence-corrected chi connectivity index (χ0v) is 13.5. The van der Waals surface area contributed by atoms with Crippen LogP contribution in [0.1, 0.15) is 45.1 Å². The Kier molecular flexibility index (Phi) is 6.04. The summed E-state index contributed by atoms with van der Waals surface area (Å²) in [4.78, 5) is 0. The molecular weight excluding hydrogens is 265 g/mol. The molecule has 21 heavy (non-hydrogen) atoms. The highest BCUT2D eigenvalue weighted by Gasteiger charge is 2.30. The van der Waals surface area contributed by atoms with Crippen molar-refractivity contribution in [3.63, 3.8) is 0 Å². The average molecular weight is 293 g/mol. The summed E-state index contributed by atoms with van der Waals surface area (Å²) in [6, 6.07) is 6.00. The lowest BCUT2D eigenvalue weighted by molar-refractivity contribution is 0.198. The van der Waals surface area contributed by atoms with Crippen molar-refractivity contribution in [1.29, 1.82) is 0 Å². The van der Waals surface area contributed by atoms with Gasteiger partial charge in [0.2, 0.25) is 0 Å². The molecule has 1 saturated carbocycles. The summed E-state index contributed by atoms with van der Waals surface area (Å²) in [5.74, 6) is 1.48. The second-order valence-electron chi connectivity index (χ2n) is 6.15. The molecule has 0 amide bonds. The normalized spacial score (nSPS) is 25.8. The number of nitrogens with one attached hydrogen (secondary N) is 1. The third kappa shape index (κ3) is 3.97. The van der Waals surface area contributed by atoms with E-state index >= 15 is 0 Å². The molecule has 2 nitrogen and oxygen atoms in total. The van der Waals surface area contributed by atoms with Gasteiger partial charge in [0.05, 0.1) is 7.11 Å². The lowest BCUT2D eigenvalue weighted by atomic mass is 9.74. The largest absolute Gasteiger partial charge is 0.494 e. The monoisotopic (exact) mass is 293 g/mol. The molecule has 0 aromatic heterocycles. The van der Waals surface area contributed by atoms with E-state index in [4.69, 9.17) is 4.74 Å². The Morgan fingerprint density at radius 3 is 2.76 bits per heavy atom. The molecular formula is C18H28FNO. The predicted molar refractivity (Wildman–Crippen MR) is 85.2 cm³/mol. The maximum atomic E-state index is 14.4. The third-order valence-corrected chi connectivity index (χ3v) is 4.88. The van der Waals surface area contributed by atoms with E-state index in [1.54, 1.807) is 6.07 Å². The number of rotatable bonds is 6. The Labute approximate surface area is 128 Å². The molecule has 0 radical (unpaired) electrons. The van der Waals surface area contributed by atoms with Crippen molar-refractivity contribution in [1.82, 2.24) is 5.32 Å². The van der Waals surface area contributed by atoms with Gasteiger partial charge in [-0.3, -0.25) is 0 Å². The van der Waals surface area contributed by atoms with Crippen molar-refractivity contribution in [2.24, 2.45) is 11.8 Å². The molecule has 1 aromatic rings. The van der Waals surface area contributed by atoms with Gasteiger partial charge in [-0.15, -0.1) is 0 Å². The van der Waals surface area contributed by atoms with Crippen molar-refractivity contribution < 1.29 is 9.13 Å². The summed E-state index contributed by atoms with van der Waals surface area (Å²) in [5, 5.41) is 3.59. The van der Waals surface area contributed by atoms with Crippen molar-refractivity contribution in [2.75, 3.05) is 13.7 Å². The zero-order valence-electron chi connectivity index (χ0n) is 13.5. The van der Waals surface area contributed by atoms with Crippen molar-refractivity contribution in [3.8, 4) is 5.75 Å². The van der Waals surface area contributed by atoms with Crippen molar-refractivity contribution >= 4 is 0 Å². The van der Waals surface area contributed by atoms with E-state index < -0.39 is 0 Å². The summed E-state index contributed by atoms with van der Waals surface area (Å²) in [6.45, 7) is 5.40. The number of methoxy groups -OCH3 is 1. The fraction of sp³-hybridized carbons (Fsp3) is 0.667. The summed E-state index contributed by atoms with van der Waals surface area (Å²) in [5.41, 5.74) is 0.791. The van der Waals surface area contributed by atoms with E-state index in [1.807, 2.05) is 12.1 Å². The number of hydrogen-bond acceptors (Lipinski definition) is 2. The van der Waals surface area contributed by atoms with Gasteiger partial charge >= 0.3 is 0 Å². The lowest BCUT2D eigenvalue weighted by Gasteiger charge is -2.36. The Balaban J connectivity index is 2.13. The van der Waals surface area contributed by atoms with Crippen LogP contribution in [0.3, 0.4) is 0 Å². The van der Waals surface area contributed by atoms with E-state index in [0.29, 0.717) is 17.7 Å². The molecule has 1 N–H and O–H groups in total. The van der Waals surface area contributed by atoms with E-state index in [-0.39, 0.29) is 5.82 Å². The minimum atomic E-state index is -0.186. The fourth-order valence-corrected chi connectivity index (χ4v) is 3.64. The first-order valence-corrected chi connectivity index (χ1v) is 8.24. The van der Waals surface area contributed by atoms with Gasteiger partial charge in [0.1, 0.15) is 0 Å². The molecule has 118 valence electrons. The van der Waals surface area contributed by atoms with Gasteiger partial charge in [0.25, 0.3) is 0 Å². The average Bonchev–Trinajstić information content (AvgIpc) is 2.51. The molecule has 3 unspecified atom stereocenters. The van der Waals surface area contributed by atoms with Crippen molar-refractivity contribution in [2.45, 2.75) is 52.0 Å². The van der Waals surface area contributed by atoms with Gasteiger partial charge < -0.3 is 10.1 Å². The van der Waals surface area contributed by atoms with Gasteiger partial charge in [-0.25, -0.2) is 4.39 Å². The topological polar surface area (TPSA) is 21.3 Å². The van der Waals surface area contributed by atoms with Gasteiger partial charge in [-0.05, 0) is 55.7 Å². The molecule has 0 bridgehead atoms.